The fourth-order valence-electron chi connectivity index (χ4n) is 2.40. The lowest BCUT2D eigenvalue weighted by Crippen LogP contribution is -2.30. The molecule has 2 amide bonds. The Morgan fingerprint density at radius 1 is 1.33 bits per heavy atom. The van der Waals surface area contributed by atoms with E-state index < -0.39 is 5.60 Å². The highest BCUT2D eigenvalue weighted by molar-refractivity contribution is 7.19. The first-order valence-electron chi connectivity index (χ1n) is 6.64. The number of nitrogens with two attached hydrogens (primary N) is 1. The summed E-state index contributed by atoms with van der Waals surface area (Å²) >= 11 is 1.18. The van der Waals surface area contributed by atoms with E-state index in [4.69, 9.17) is 5.73 Å². The molecule has 5 N–H and O–H groups in total. The first-order chi connectivity index (χ1) is 9.80. The zero-order valence-electron chi connectivity index (χ0n) is 12.3. The summed E-state index contributed by atoms with van der Waals surface area (Å²) < 4.78 is 0. The van der Waals surface area contributed by atoms with Gasteiger partial charge in [0.25, 0.3) is 11.8 Å². The van der Waals surface area contributed by atoms with Crippen molar-refractivity contribution in [3.63, 3.8) is 0 Å². The monoisotopic (exact) mass is 312 g/mol. The van der Waals surface area contributed by atoms with Crippen molar-refractivity contribution in [2.45, 2.75) is 18.9 Å². The number of amides is 2. The van der Waals surface area contributed by atoms with Crippen molar-refractivity contribution >= 4 is 33.8 Å². The number of carbonyl (C=O) groups is 2. The van der Waals surface area contributed by atoms with Crippen molar-refractivity contribution in [2.75, 3.05) is 37.8 Å². The Morgan fingerprint density at radius 2 is 1.95 bits per heavy atom. The van der Waals surface area contributed by atoms with Crippen LogP contribution in [0.2, 0.25) is 0 Å². The molecular weight excluding hydrogens is 292 g/mol. The average Bonchev–Trinajstić information content (AvgIpc) is 2.97. The van der Waals surface area contributed by atoms with E-state index in [0.29, 0.717) is 35.0 Å². The van der Waals surface area contributed by atoms with Crippen LogP contribution in [0.5, 0.6) is 0 Å². The lowest BCUT2D eigenvalue weighted by atomic mass is 10.1. The Hall–Kier alpha value is -1.80. The summed E-state index contributed by atoms with van der Waals surface area (Å²) in [4.78, 5) is 26.2. The standard InChI is InChI=1S/C13H20N4O3S/c1-13(20)4-5-17(6-13)12-7(10(18)15-2)8(14)9(21-12)11(19)16-3/h20H,4-6,14H2,1-3H3,(H,15,18)(H,16,19). The molecule has 0 spiro atoms. The van der Waals surface area contributed by atoms with Gasteiger partial charge in [-0.05, 0) is 13.3 Å². The molecule has 1 saturated heterocycles. The molecule has 21 heavy (non-hydrogen) atoms. The third-order valence-electron chi connectivity index (χ3n) is 3.55. The van der Waals surface area contributed by atoms with Gasteiger partial charge in [-0.15, -0.1) is 11.3 Å². The third-order valence-corrected chi connectivity index (χ3v) is 4.82. The van der Waals surface area contributed by atoms with Crippen molar-refractivity contribution in [2.24, 2.45) is 0 Å². The molecule has 1 aliphatic heterocycles. The van der Waals surface area contributed by atoms with Gasteiger partial charge in [-0.1, -0.05) is 0 Å². The van der Waals surface area contributed by atoms with Gasteiger partial charge in [0.1, 0.15) is 9.88 Å². The summed E-state index contributed by atoms with van der Waals surface area (Å²) in [6.07, 6.45) is 0.604. The SMILES string of the molecule is CNC(=O)c1sc(N2CCC(C)(O)C2)c(C(=O)NC)c1N. The zero-order chi connectivity index (χ0) is 15.8. The van der Waals surface area contributed by atoms with Crippen LogP contribution in [0.15, 0.2) is 0 Å². The van der Waals surface area contributed by atoms with Crippen LogP contribution in [-0.2, 0) is 0 Å². The smallest absolute Gasteiger partial charge is 0.263 e. The molecule has 0 saturated carbocycles. The van der Waals surface area contributed by atoms with Gasteiger partial charge in [-0.25, -0.2) is 0 Å². The summed E-state index contributed by atoms with van der Waals surface area (Å²) in [5.41, 5.74) is 5.68. The lowest BCUT2D eigenvalue weighted by Gasteiger charge is -2.20. The molecular formula is C13H20N4O3S. The minimum absolute atomic E-state index is 0.181. The van der Waals surface area contributed by atoms with Crippen molar-refractivity contribution < 1.29 is 14.7 Å². The van der Waals surface area contributed by atoms with Crippen LogP contribution in [0.25, 0.3) is 0 Å². The molecule has 0 bridgehead atoms. The van der Waals surface area contributed by atoms with Gasteiger partial charge in [0.15, 0.2) is 0 Å². The van der Waals surface area contributed by atoms with Crippen LogP contribution in [-0.4, -0.2) is 49.7 Å². The number of nitrogens with one attached hydrogen (secondary N) is 2. The van der Waals surface area contributed by atoms with Gasteiger partial charge in [0.2, 0.25) is 0 Å². The Labute approximate surface area is 127 Å². The van der Waals surface area contributed by atoms with Gasteiger partial charge in [0.05, 0.1) is 16.9 Å². The number of anilines is 2. The Balaban J connectivity index is 2.49. The minimum Gasteiger partial charge on any atom is -0.397 e. The number of aliphatic hydroxyl groups is 1. The van der Waals surface area contributed by atoms with Crippen LogP contribution >= 0.6 is 11.3 Å². The van der Waals surface area contributed by atoms with E-state index in [2.05, 4.69) is 10.6 Å². The molecule has 7 nitrogen and oxygen atoms in total. The number of nitrogens with zero attached hydrogens (tertiary/aromatic N) is 1. The molecule has 8 heteroatoms. The van der Waals surface area contributed by atoms with Crippen molar-refractivity contribution in [1.29, 1.82) is 0 Å². The summed E-state index contributed by atoms with van der Waals surface area (Å²) in [6, 6.07) is 0. The molecule has 1 aliphatic rings. The van der Waals surface area contributed by atoms with Gasteiger partial charge in [0, 0.05) is 27.2 Å². The second-order valence-corrected chi connectivity index (χ2v) is 6.35. The number of hydrogen-bond donors (Lipinski definition) is 4. The largest absolute Gasteiger partial charge is 0.397 e. The molecule has 2 rings (SSSR count). The Kier molecular flexibility index (Phi) is 4.11. The van der Waals surface area contributed by atoms with Crippen molar-refractivity contribution in [3.05, 3.63) is 10.4 Å². The second kappa shape index (κ2) is 5.53. The number of thiophene rings is 1. The molecule has 0 aromatic carbocycles. The Morgan fingerprint density at radius 3 is 2.43 bits per heavy atom. The van der Waals surface area contributed by atoms with Gasteiger partial charge >= 0.3 is 0 Å². The summed E-state index contributed by atoms with van der Waals surface area (Å²) in [5.74, 6) is -0.652. The van der Waals surface area contributed by atoms with E-state index >= 15 is 0 Å². The molecule has 0 aliphatic carbocycles. The quantitative estimate of drug-likeness (QED) is 0.629. The number of hydrogen-bond acceptors (Lipinski definition) is 6. The van der Waals surface area contributed by atoms with Gasteiger partial charge in [-0.2, -0.15) is 0 Å². The minimum atomic E-state index is -0.800. The predicted molar refractivity (Wildman–Crippen MR) is 83.0 cm³/mol. The van der Waals surface area contributed by atoms with E-state index in [-0.39, 0.29) is 17.5 Å². The van der Waals surface area contributed by atoms with Crippen LogP contribution in [0.3, 0.4) is 0 Å². The van der Waals surface area contributed by atoms with E-state index in [9.17, 15) is 14.7 Å². The van der Waals surface area contributed by atoms with Crippen LogP contribution in [0.4, 0.5) is 10.7 Å². The normalized spacial score (nSPS) is 21.4. The molecule has 1 aromatic rings. The second-order valence-electron chi connectivity index (χ2n) is 5.35. The summed E-state index contributed by atoms with van der Waals surface area (Å²) in [7, 11) is 3.03. The number of β-amino-alcohol motifs (C(OH)–C–C–N with tert-alkyl or cyclic N) is 1. The maximum Gasteiger partial charge on any atom is 0.263 e. The van der Waals surface area contributed by atoms with Crippen LogP contribution in [0.1, 0.15) is 33.4 Å². The highest BCUT2D eigenvalue weighted by atomic mass is 32.1. The van der Waals surface area contributed by atoms with E-state index in [1.54, 1.807) is 6.92 Å². The Bertz CT molecular complexity index is 582. The summed E-state index contributed by atoms with van der Waals surface area (Å²) in [5, 5.41) is 15.8. The summed E-state index contributed by atoms with van der Waals surface area (Å²) in [6.45, 7) is 2.78. The first-order valence-corrected chi connectivity index (χ1v) is 7.46. The molecule has 2 heterocycles. The molecule has 1 fully saturated rings. The highest BCUT2D eigenvalue weighted by Gasteiger charge is 2.36. The number of rotatable bonds is 3. The number of nitrogen functional groups attached to an aromatic ring is 1. The number of carbonyl (C=O) groups excluding carboxylic acids is 2. The molecule has 0 radical (unpaired) electrons. The maximum absolute atomic E-state index is 12.1. The third kappa shape index (κ3) is 2.81. The van der Waals surface area contributed by atoms with E-state index in [1.165, 1.54) is 25.4 Å². The van der Waals surface area contributed by atoms with Gasteiger partial charge in [-0.3, -0.25) is 9.59 Å². The van der Waals surface area contributed by atoms with E-state index in [0.717, 1.165) is 0 Å². The van der Waals surface area contributed by atoms with Gasteiger partial charge < -0.3 is 26.4 Å². The van der Waals surface area contributed by atoms with Crippen LogP contribution in [0, 0.1) is 0 Å². The fraction of sp³-hybridized carbons (Fsp3) is 0.538. The lowest BCUT2D eigenvalue weighted by molar-refractivity contribution is 0.0838. The first kappa shape index (κ1) is 15.6. The van der Waals surface area contributed by atoms with Crippen molar-refractivity contribution in [3.8, 4) is 0 Å². The van der Waals surface area contributed by atoms with Crippen molar-refractivity contribution in [1.82, 2.24) is 10.6 Å². The average molecular weight is 312 g/mol. The topological polar surface area (TPSA) is 108 Å². The highest BCUT2D eigenvalue weighted by Crippen LogP contribution is 2.40. The molecule has 1 aromatic heterocycles. The predicted octanol–water partition coefficient (Wildman–Crippen LogP) is 0.0106. The van der Waals surface area contributed by atoms with Crippen LogP contribution < -0.4 is 21.3 Å². The molecule has 1 unspecified atom stereocenters. The zero-order valence-corrected chi connectivity index (χ0v) is 13.1. The molecule has 116 valence electrons. The maximum atomic E-state index is 12.1. The fourth-order valence-corrected chi connectivity index (χ4v) is 3.59. The molecule has 1 atom stereocenters. The van der Waals surface area contributed by atoms with E-state index in [1.807, 2.05) is 4.90 Å².